The number of hydrogen-bond acceptors (Lipinski definition) is 5. The Kier molecular flexibility index (Phi) is 3.91. The van der Waals surface area contributed by atoms with E-state index in [1.54, 1.807) is 11.8 Å². The number of hydrazine groups is 1. The Hall–Kier alpha value is -1.92. The molecule has 0 bridgehead atoms. The van der Waals surface area contributed by atoms with E-state index in [9.17, 15) is 0 Å². The average molecular weight is 247 g/mol. The van der Waals surface area contributed by atoms with Crippen LogP contribution in [0.25, 0.3) is 0 Å². The summed E-state index contributed by atoms with van der Waals surface area (Å²) in [6.45, 7) is 0. The molecule has 0 saturated carbocycles. The SMILES string of the molecule is COc1ccccc1C(Cc1ncnn1C)NN. The summed E-state index contributed by atoms with van der Waals surface area (Å²) in [5, 5.41) is 4.05. The summed E-state index contributed by atoms with van der Waals surface area (Å²) in [6, 6.07) is 7.72. The van der Waals surface area contributed by atoms with Crippen LogP contribution < -0.4 is 16.0 Å². The van der Waals surface area contributed by atoms with Gasteiger partial charge in [0.2, 0.25) is 0 Å². The number of aryl methyl sites for hydroxylation is 1. The minimum absolute atomic E-state index is 0.0657. The lowest BCUT2D eigenvalue weighted by Gasteiger charge is -2.18. The quantitative estimate of drug-likeness (QED) is 0.596. The van der Waals surface area contributed by atoms with Crippen LogP contribution in [-0.2, 0) is 13.5 Å². The standard InChI is InChI=1S/C12H17N5O/c1-17-12(14-8-15-17)7-10(16-13)9-5-3-4-6-11(9)18-2/h3-6,8,10,16H,7,13H2,1-2H3. The minimum Gasteiger partial charge on any atom is -0.496 e. The van der Waals surface area contributed by atoms with Crippen molar-refractivity contribution in [3.05, 3.63) is 42.0 Å². The molecule has 0 amide bonds. The van der Waals surface area contributed by atoms with Crippen LogP contribution in [0.3, 0.4) is 0 Å². The van der Waals surface area contributed by atoms with E-state index in [0.717, 1.165) is 17.1 Å². The van der Waals surface area contributed by atoms with Crippen molar-refractivity contribution in [1.82, 2.24) is 20.2 Å². The van der Waals surface area contributed by atoms with Gasteiger partial charge < -0.3 is 4.74 Å². The number of para-hydroxylation sites is 1. The third-order valence-corrected chi connectivity index (χ3v) is 2.91. The molecule has 0 fully saturated rings. The normalized spacial score (nSPS) is 12.4. The molecule has 1 aromatic heterocycles. The molecule has 0 saturated heterocycles. The smallest absolute Gasteiger partial charge is 0.138 e. The van der Waals surface area contributed by atoms with Crippen LogP contribution in [0.2, 0.25) is 0 Å². The van der Waals surface area contributed by atoms with Crippen LogP contribution in [0.5, 0.6) is 5.75 Å². The summed E-state index contributed by atoms with van der Waals surface area (Å²) in [5.41, 5.74) is 3.80. The molecule has 1 heterocycles. The fraction of sp³-hybridized carbons (Fsp3) is 0.333. The van der Waals surface area contributed by atoms with Crippen LogP contribution in [-0.4, -0.2) is 21.9 Å². The number of methoxy groups -OCH3 is 1. The number of nitrogens with zero attached hydrogens (tertiary/aromatic N) is 3. The maximum atomic E-state index is 5.63. The van der Waals surface area contributed by atoms with Crippen molar-refractivity contribution in [2.75, 3.05) is 7.11 Å². The lowest BCUT2D eigenvalue weighted by molar-refractivity contribution is 0.397. The third kappa shape index (κ3) is 2.49. The van der Waals surface area contributed by atoms with Gasteiger partial charge in [0.25, 0.3) is 0 Å². The Morgan fingerprint density at radius 1 is 1.44 bits per heavy atom. The van der Waals surface area contributed by atoms with E-state index >= 15 is 0 Å². The zero-order valence-electron chi connectivity index (χ0n) is 10.5. The fourth-order valence-electron chi connectivity index (χ4n) is 1.90. The van der Waals surface area contributed by atoms with E-state index in [-0.39, 0.29) is 6.04 Å². The van der Waals surface area contributed by atoms with Gasteiger partial charge in [-0.05, 0) is 6.07 Å². The first kappa shape index (κ1) is 12.5. The summed E-state index contributed by atoms with van der Waals surface area (Å²) in [6.07, 6.45) is 2.18. The monoisotopic (exact) mass is 247 g/mol. The van der Waals surface area contributed by atoms with Gasteiger partial charge in [0, 0.05) is 19.0 Å². The number of benzene rings is 1. The zero-order chi connectivity index (χ0) is 13.0. The second kappa shape index (κ2) is 5.61. The third-order valence-electron chi connectivity index (χ3n) is 2.91. The van der Waals surface area contributed by atoms with Crippen molar-refractivity contribution in [2.45, 2.75) is 12.5 Å². The lowest BCUT2D eigenvalue weighted by Crippen LogP contribution is -2.30. The lowest BCUT2D eigenvalue weighted by atomic mass is 10.0. The molecule has 0 spiro atoms. The van der Waals surface area contributed by atoms with E-state index in [1.807, 2.05) is 31.3 Å². The number of rotatable bonds is 5. The Morgan fingerprint density at radius 2 is 2.22 bits per heavy atom. The second-order valence-electron chi connectivity index (χ2n) is 3.97. The molecule has 1 atom stereocenters. The van der Waals surface area contributed by atoms with Crippen molar-refractivity contribution < 1.29 is 4.74 Å². The first-order chi connectivity index (χ1) is 8.76. The van der Waals surface area contributed by atoms with Crippen LogP contribution in [0, 0.1) is 0 Å². The van der Waals surface area contributed by atoms with Gasteiger partial charge >= 0.3 is 0 Å². The molecule has 2 rings (SSSR count). The Morgan fingerprint density at radius 3 is 2.83 bits per heavy atom. The number of nitrogens with two attached hydrogens (primary N) is 1. The molecule has 0 radical (unpaired) electrons. The van der Waals surface area contributed by atoms with Gasteiger partial charge in [0.1, 0.15) is 17.9 Å². The predicted octanol–water partition coefficient (Wildman–Crippen LogP) is 0.571. The van der Waals surface area contributed by atoms with Gasteiger partial charge in [-0.2, -0.15) is 5.10 Å². The van der Waals surface area contributed by atoms with E-state index in [2.05, 4.69) is 15.5 Å². The number of nitrogens with one attached hydrogen (secondary N) is 1. The number of ether oxygens (including phenoxy) is 1. The van der Waals surface area contributed by atoms with Crippen molar-refractivity contribution in [3.63, 3.8) is 0 Å². The second-order valence-corrected chi connectivity index (χ2v) is 3.97. The molecule has 1 unspecified atom stereocenters. The van der Waals surface area contributed by atoms with Gasteiger partial charge in [0.05, 0.1) is 13.2 Å². The average Bonchev–Trinajstić information content (AvgIpc) is 2.81. The van der Waals surface area contributed by atoms with E-state index in [4.69, 9.17) is 10.6 Å². The molecule has 6 heteroatoms. The summed E-state index contributed by atoms with van der Waals surface area (Å²) in [5.74, 6) is 7.30. The molecule has 18 heavy (non-hydrogen) atoms. The highest BCUT2D eigenvalue weighted by atomic mass is 16.5. The van der Waals surface area contributed by atoms with Crippen LogP contribution in [0.4, 0.5) is 0 Å². The Labute approximate surface area is 106 Å². The predicted molar refractivity (Wildman–Crippen MR) is 67.8 cm³/mol. The van der Waals surface area contributed by atoms with Gasteiger partial charge in [-0.25, -0.2) is 4.98 Å². The highest BCUT2D eigenvalue weighted by Gasteiger charge is 2.17. The summed E-state index contributed by atoms with van der Waals surface area (Å²) < 4.78 is 7.08. The van der Waals surface area contributed by atoms with Crippen molar-refractivity contribution >= 4 is 0 Å². The summed E-state index contributed by atoms with van der Waals surface area (Å²) in [7, 11) is 3.51. The maximum Gasteiger partial charge on any atom is 0.138 e. The first-order valence-corrected chi connectivity index (χ1v) is 5.68. The maximum absolute atomic E-state index is 5.63. The highest BCUT2D eigenvalue weighted by Crippen LogP contribution is 2.26. The van der Waals surface area contributed by atoms with Gasteiger partial charge in [0.15, 0.2) is 0 Å². The first-order valence-electron chi connectivity index (χ1n) is 5.68. The van der Waals surface area contributed by atoms with Gasteiger partial charge in [-0.3, -0.25) is 16.0 Å². The Balaban J connectivity index is 2.25. The molecule has 0 aliphatic carbocycles. The van der Waals surface area contributed by atoms with Gasteiger partial charge in [-0.1, -0.05) is 18.2 Å². The Bertz CT molecular complexity index is 511. The fourth-order valence-corrected chi connectivity index (χ4v) is 1.90. The van der Waals surface area contributed by atoms with E-state index < -0.39 is 0 Å². The topological polar surface area (TPSA) is 78.0 Å². The van der Waals surface area contributed by atoms with Crippen molar-refractivity contribution in [3.8, 4) is 5.75 Å². The summed E-state index contributed by atoms with van der Waals surface area (Å²) in [4.78, 5) is 4.20. The molecular formula is C12H17N5O. The van der Waals surface area contributed by atoms with E-state index in [1.165, 1.54) is 6.33 Å². The molecule has 6 nitrogen and oxygen atoms in total. The molecule has 0 aliphatic rings. The molecule has 0 aliphatic heterocycles. The zero-order valence-corrected chi connectivity index (χ0v) is 10.5. The van der Waals surface area contributed by atoms with Crippen LogP contribution in [0.1, 0.15) is 17.4 Å². The molecular weight excluding hydrogens is 230 g/mol. The largest absolute Gasteiger partial charge is 0.496 e. The molecule has 2 aromatic rings. The minimum atomic E-state index is -0.0657. The number of hydrogen-bond donors (Lipinski definition) is 2. The van der Waals surface area contributed by atoms with Crippen molar-refractivity contribution in [1.29, 1.82) is 0 Å². The van der Waals surface area contributed by atoms with Crippen molar-refractivity contribution in [2.24, 2.45) is 12.9 Å². The number of aromatic nitrogens is 3. The molecule has 3 N–H and O–H groups in total. The van der Waals surface area contributed by atoms with Crippen LogP contribution >= 0.6 is 0 Å². The highest BCUT2D eigenvalue weighted by molar-refractivity contribution is 5.36. The summed E-state index contributed by atoms with van der Waals surface area (Å²) >= 11 is 0. The molecule has 96 valence electrons. The van der Waals surface area contributed by atoms with E-state index in [0.29, 0.717) is 6.42 Å². The van der Waals surface area contributed by atoms with Crippen LogP contribution in [0.15, 0.2) is 30.6 Å². The molecule has 1 aromatic carbocycles. The van der Waals surface area contributed by atoms with Gasteiger partial charge in [-0.15, -0.1) is 0 Å².